The van der Waals surface area contributed by atoms with E-state index >= 15 is 0 Å². The molecule has 170 valence electrons. The highest BCUT2D eigenvalue weighted by Crippen LogP contribution is 2.32. The molecule has 8 heteroatoms. The predicted octanol–water partition coefficient (Wildman–Crippen LogP) is 2.88. The minimum absolute atomic E-state index is 0.117. The average molecular weight is 431 g/mol. The number of aliphatic imine (C=N–C) groups is 1. The Bertz CT molecular complexity index is 595. The molecule has 0 aromatic rings. The normalized spacial score (nSPS) is 21.8. The Morgan fingerprint density at radius 2 is 1.79 bits per heavy atom. The summed E-state index contributed by atoms with van der Waals surface area (Å²) in [6, 6.07) is 0.250. The molecule has 1 saturated heterocycles. The van der Waals surface area contributed by atoms with Crippen LogP contribution in [0.5, 0.6) is 0 Å². The second-order valence-corrected chi connectivity index (χ2v) is 10.5. The third-order valence-electron chi connectivity index (χ3n) is 5.90. The monoisotopic (exact) mass is 430 g/mol. The molecule has 1 aliphatic heterocycles. The van der Waals surface area contributed by atoms with Gasteiger partial charge in [-0.25, -0.2) is 12.7 Å². The minimum atomic E-state index is -3.09. The fraction of sp³-hybridized carbons (Fsp3) is 0.952. The summed E-state index contributed by atoms with van der Waals surface area (Å²) in [4.78, 5) is 4.89. The molecule has 1 aliphatic carbocycles. The van der Waals surface area contributed by atoms with Crippen molar-refractivity contribution in [3.8, 4) is 0 Å². The fourth-order valence-electron chi connectivity index (χ4n) is 4.26. The molecule has 0 atom stereocenters. The number of piperidine rings is 1. The van der Waals surface area contributed by atoms with E-state index in [1.165, 1.54) is 19.3 Å². The van der Waals surface area contributed by atoms with E-state index in [1.54, 1.807) is 4.31 Å². The van der Waals surface area contributed by atoms with Crippen molar-refractivity contribution in [1.29, 1.82) is 0 Å². The van der Waals surface area contributed by atoms with Crippen molar-refractivity contribution in [2.45, 2.75) is 90.2 Å². The molecule has 0 amide bonds. The van der Waals surface area contributed by atoms with E-state index in [4.69, 9.17) is 9.73 Å². The Labute approximate surface area is 178 Å². The van der Waals surface area contributed by atoms with Gasteiger partial charge in [0.1, 0.15) is 0 Å². The van der Waals surface area contributed by atoms with Crippen LogP contribution in [0.1, 0.15) is 78.6 Å². The fourth-order valence-corrected chi connectivity index (χ4v) is 5.81. The Hall–Kier alpha value is -0.860. The zero-order valence-corrected chi connectivity index (χ0v) is 19.5. The van der Waals surface area contributed by atoms with Gasteiger partial charge in [0.25, 0.3) is 0 Å². The number of sulfonamides is 1. The summed E-state index contributed by atoms with van der Waals surface area (Å²) in [7, 11) is -3.09. The molecule has 1 heterocycles. The number of nitrogens with zero attached hydrogens (tertiary/aromatic N) is 2. The van der Waals surface area contributed by atoms with Crippen LogP contribution in [-0.2, 0) is 14.8 Å². The van der Waals surface area contributed by atoms with E-state index in [-0.39, 0.29) is 17.4 Å². The van der Waals surface area contributed by atoms with Crippen LogP contribution < -0.4 is 10.6 Å². The highest BCUT2D eigenvalue weighted by Gasteiger charge is 2.33. The van der Waals surface area contributed by atoms with Crippen molar-refractivity contribution < 1.29 is 13.2 Å². The summed E-state index contributed by atoms with van der Waals surface area (Å²) in [5, 5.41) is 6.89. The first-order chi connectivity index (χ1) is 13.9. The molecule has 2 rings (SSSR count). The van der Waals surface area contributed by atoms with Crippen molar-refractivity contribution in [2.24, 2.45) is 4.99 Å². The molecule has 2 fully saturated rings. The molecule has 29 heavy (non-hydrogen) atoms. The number of guanidine groups is 1. The highest BCUT2D eigenvalue weighted by atomic mass is 32.2. The van der Waals surface area contributed by atoms with E-state index in [0.29, 0.717) is 26.1 Å². The second kappa shape index (κ2) is 12.1. The van der Waals surface area contributed by atoms with E-state index < -0.39 is 10.0 Å². The van der Waals surface area contributed by atoms with Gasteiger partial charge in [-0.05, 0) is 45.4 Å². The zero-order chi connectivity index (χ0) is 21.2. The highest BCUT2D eigenvalue weighted by molar-refractivity contribution is 7.89. The largest absolute Gasteiger partial charge is 0.373 e. The molecule has 2 N–H and O–H groups in total. The summed E-state index contributed by atoms with van der Waals surface area (Å²) < 4.78 is 32.5. The summed E-state index contributed by atoms with van der Waals surface area (Å²) in [5.74, 6) is 1.07. The van der Waals surface area contributed by atoms with Crippen LogP contribution in [0.3, 0.4) is 0 Å². The first-order valence-corrected chi connectivity index (χ1v) is 13.2. The Kier molecular flexibility index (Phi) is 10.2. The van der Waals surface area contributed by atoms with Gasteiger partial charge in [0.05, 0.1) is 17.9 Å². The maximum atomic E-state index is 12.3. The van der Waals surface area contributed by atoms with Crippen molar-refractivity contribution in [3.05, 3.63) is 0 Å². The van der Waals surface area contributed by atoms with Crippen LogP contribution in [0.25, 0.3) is 0 Å². The summed E-state index contributed by atoms with van der Waals surface area (Å²) in [5.41, 5.74) is -0.117. The second-order valence-electron chi connectivity index (χ2n) is 8.42. The average Bonchev–Trinajstić information content (AvgIpc) is 2.72. The predicted molar refractivity (Wildman–Crippen MR) is 120 cm³/mol. The molecule has 7 nitrogen and oxygen atoms in total. The van der Waals surface area contributed by atoms with Crippen LogP contribution >= 0.6 is 0 Å². The van der Waals surface area contributed by atoms with Gasteiger partial charge < -0.3 is 15.4 Å². The van der Waals surface area contributed by atoms with Crippen molar-refractivity contribution in [2.75, 3.05) is 38.5 Å². The van der Waals surface area contributed by atoms with E-state index in [9.17, 15) is 8.42 Å². The van der Waals surface area contributed by atoms with E-state index in [0.717, 1.165) is 51.2 Å². The molecular formula is C21H42N4O3S. The van der Waals surface area contributed by atoms with Gasteiger partial charge in [-0.2, -0.15) is 0 Å². The number of ether oxygens (including phenoxy) is 1. The number of rotatable bonds is 10. The maximum absolute atomic E-state index is 12.3. The SMILES string of the molecule is CCCOC1(CN=C(NCC)NC2CCN(S(=O)(=O)CCC)CC2)CCCCC1. The lowest BCUT2D eigenvalue weighted by molar-refractivity contribution is -0.0624. The molecule has 0 unspecified atom stereocenters. The maximum Gasteiger partial charge on any atom is 0.214 e. The molecular weight excluding hydrogens is 388 g/mol. The quantitative estimate of drug-likeness (QED) is 0.411. The summed E-state index contributed by atoms with van der Waals surface area (Å²) in [6.07, 6.45) is 9.21. The van der Waals surface area contributed by atoms with E-state index in [2.05, 4.69) is 24.5 Å². The van der Waals surface area contributed by atoms with Gasteiger partial charge in [-0.15, -0.1) is 0 Å². The molecule has 0 radical (unpaired) electrons. The standard InChI is InChI=1S/C21H42N4O3S/c1-4-16-28-21(12-8-7-9-13-21)18-23-20(22-6-3)24-19-10-14-25(15-11-19)29(26,27)17-5-2/h19H,4-18H2,1-3H3,(H2,22,23,24). The Morgan fingerprint density at radius 3 is 2.38 bits per heavy atom. The van der Waals surface area contributed by atoms with Gasteiger partial charge >= 0.3 is 0 Å². The number of hydrogen-bond donors (Lipinski definition) is 2. The van der Waals surface area contributed by atoms with Crippen molar-refractivity contribution in [3.63, 3.8) is 0 Å². The number of nitrogens with one attached hydrogen (secondary N) is 2. The lowest BCUT2D eigenvalue weighted by Gasteiger charge is -2.36. The molecule has 2 aliphatic rings. The summed E-state index contributed by atoms with van der Waals surface area (Å²) in [6.45, 7) is 9.59. The number of hydrogen-bond acceptors (Lipinski definition) is 4. The third kappa shape index (κ3) is 7.72. The topological polar surface area (TPSA) is 83.0 Å². The zero-order valence-electron chi connectivity index (χ0n) is 18.7. The van der Waals surface area contributed by atoms with Gasteiger partial charge in [0, 0.05) is 32.3 Å². The van der Waals surface area contributed by atoms with Crippen LogP contribution in [0.4, 0.5) is 0 Å². The Morgan fingerprint density at radius 1 is 1.10 bits per heavy atom. The lowest BCUT2D eigenvalue weighted by Crippen LogP contribution is -2.50. The molecule has 0 bridgehead atoms. The van der Waals surface area contributed by atoms with Gasteiger partial charge in [0.15, 0.2) is 5.96 Å². The third-order valence-corrected chi connectivity index (χ3v) is 7.97. The van der Waals surface area contributed by atoms with Gasteiger partial charge in [-0.1, -0.05) is 33.1 Å². The molecule has 0 aromatic carbocycles. The van der Waals surface area contributed by atoms with Crippen molar-refractivity contribution in [1.82, 2.24) is 14.9 Å². The smallest absolute Gasteiger partial charge is 0.214 e. The van der Waals surface area contributed by atoms with Crippen LogP contribution in [-0.4, -0.2) is 68.9 Å². The first-order valence-electron chi connectivity index (χ1n) is 11.6. The van der Waals surface area contributed by atoms with Crippen LogP contribution in [0, 0.1) is 0 Å². The summed E-state index contributed by atoms with van der Waals surface area (Å²) >= 11 is 0. The minimum Gasteiger partial charge on any atom is -0.373 e. The van der Waals surface area contributed by atoms with Crippen molar-refractivity contribution >= 4 is 16.0 Å². The van der Waals surface area contributed by atoms with E-state index in [1.807, 2.05) is 6.92 Å². The molecule has 0 spiro atoms. The Balaban J connectivity index is 1.93. The lowest BCUT2D eigenvalue weighted by atomic mass is 9.84. The molecule has 1 saturated carbocycles. The first kappa shape index (κ1) is 24.4. The van der Waals surface area contributed by atoms with Gasteiger partial charge in [0.2, 0.25) is 10.0 Å². The van der Waals surface area contributed by atoms with Crippen LogP contribution in [0.2, 0.25) is 0 Å². The van der Waals surface area contributed by atoms with Crippen LogP contribution in [0.15, 0.2) is 4.99 Å². The molecule has 0 aromatic heterocycles. The van der Waals surface area contributed by atoms with Gasteiger partial charge in [-0.3, -0.25) is 4.99 Å².